The molecule has 0 radical (unpaired) electrons. The van der Waals surface area contributed by atoms with Crippen molar-refractivity contribution in [1.82, 2.24) is 4.98 Å². The molecule has 0 saturated heterocycles. The van der Waals surface area contributed by atoms with Gasteiger partial charge in [0.05, 0.1) is 28.9 Å². The van der Waals surface area contributed by atoms with Crippen molar-refractivity contribution in [3.05, 3.63) is 36.4 Å². The van der Waals surface area contributed by atoms with Gasteiger partial charge in [0.1, 0.15) is 6.10 Å². The molecule has 10 heteroatoms. The van der Waals surface area contributed by atoms with Crippen LogP contribution in [0.2, 0.25) is 0 Å². The minimum absolute atomic E-state index is 0.00902. The fourth-order valence-electron chi connectivity index (χ4n) is 3.76. The average molecular weight is 506 g/mol. The van der Waals surface area contributed by atoms with Gasteiger partial charge in [-0.1, -0.05) is 0 Å². The van der Waals surface area contributed by atoms with Crippen LogP contribution in [0, 0.1) is 0 Å². The summed E-state index contributed by atoms with van der Waals surface area (Å²) in [5, 5.41) is 65.7. The number of aliphatic hydroxyl groups excluding tert-OH is 6. The van der Waals surface area contributed by atoms with E-state index in [1.807, 2.05) is 30.3 Å². The number of benzene rings is 2. The van der Waals surface area contributed by atoms with Crippen LogP contribution in [-0.2, 0) is 0 Å². The lowest BCUT2D eigenvalue weighted by Crippen LogP contribution is -2.41. The second kappa shape index (κ2) is 13.8. The molecule has 192 valence electrons. The number of rotatable bonds is 15. The van der Waals surface area contributed by atoms with Crippen LogP contribution in [0.15, 0.2) is 41.3 Å². The van der Waals surface area contributed by atoms with Crippen LogP contribution >= 0.6 is 11.8 Å². The summed E-state index contributed by atoms with van der Waals surface area (Å²) in [7, 11) is 0. The maximum atomic E-state index is 10.2. The van der Waals surface area contributed by atoms with Crippen LogP contribution < -0.4 is 10.6 Å². The molecular formula is C25H35N3O6S. The second-order valence-electron chi connectivity index (χ2n) is 8.35. The molecular weight excluding hydrogens is 470 g/mol. The number of nitrogens with zero attached hydrogens (tertiary/aromatic N) is 1. The Morgan fingerprint density at radius 1 is 0.800 bits per heavy atom. The topological polar surface area (TPSA) is 158 Å². The van der Waals surface area contributed by atoms with Crippen LogP contribution in [0.5, 0.6) is 0 Å². The quantitative estimate of drug-likeness (QED) is 0.0865. The maximum absolute atomic E-state index is 10.2. The first-order chi connectivity index (χ1) is 17.0. The minimum atomic E-state index is -1.38. The lowest BCUT2D eigenvalue weighted by Gasteiger charge is -2.23. The molecule has 0 fully saturated rings. The number of hydrogen-bond donors (Lipinski definition) is 8. The normalized spacial score (nSPS) is 14.2. The first-order valence-corrected chi connectivity index (χ1v) is 12.8. The summed E-state index contributed by atoms with van der Waals surface area (Å²) in [4.78, 5) is 5.87. The van der Waals surface area contributed by atoms with Crippen molar-refractivity contribution < 1.29 is 30.6 Å². The molecule has 3 rings (SSSR count). The molecule has 8 N–H and O–H groups in total. The van der Waals surface area contributed by atoms with E-state index in [0.717, 1.165) is 38.1 Å². The van der Waals surface area contributed by atoms with Gasteiger partial charge >= 0.3 is 0 Å². The molecule has 9 nitrogen and oxygen atoms in total. The average Bonchev–Trinajstić information content (AvgIpc) is 2.87. The summed E-state index contributed by atoms with van der Waals surface area (Å²) in [6.07, 6.45) is -2.52. The van der Waals surface area contributed by atoms with Gasteiger partial charge in [0, 0.05) is 60.0 Å². The van der Waals surface area contributed by atoms with E-state index in [1.54, 1.807) is 11.8 Å². The van der Waals surface area contributed by atoms with E-state index < -0.39 is 18.3 Å². The summed E-state index contributed by atoms with van der Waals surface area (Å²) in [6, 6.07) is 11.7. The Balaban J connectivity index is 1.90. The van der Waals surface area contributed by atoms with Gasteiger partial charge < -0.3 is 41.3 Å². The van der Waals surface area contributed by atoms with Gasteiger partial charge in [-0.15, -0.1) is 11.8 Å². The van der Waals surface area contributed by atoms with Gasteiger partial charge in [0.15, 0.2) is 0 Å². The van der Waals surface area contributed by atoms with Crippen molar-refractivity contribution in [2.45, 2.75) is 42.5 Å². The Morgan fingerprint density at radius 3 is 2.23 bits per heavy atom. The zero-order valence-corrected chi connectivity index (χ0v) is 20.4. The lowest BCUT2D eigenvalue weighted by molar-refractivity contribution is -0.0604. The van der Waals surface area contributed by atoms with Gasteiger partial charge in [-0.3, -0.25) is 0 Å². The van der Waals surface area contributed by atoms with Crippen LogP contribution in [0.25, 0.3) is 21.8 Å². The molecule has 1 heterocycles. The Hall–Kier alpha value is -2.18. The van der Waals surface area contributed by atoms with Gasteiger partial charge in [0.25, 0.3) is 0 Å². The summed E-state index contributed by atoms with van der Waals surface area (Å²) < 4.78 is 0. The molecule has 1 aromatic heterocycles. The Morgan fingerprint density at radius 2 is 1.51 bits per heavy atom. The van der Waals surface area contributed by atoms with Gasteiger partial charge in [-0.25, -0.2) is 4.98 Å². The molecule has 0 aliphatic heterocycles. The Labute approximate surface area is 208 Å². The summed E-state index contributed by atoms with van der Waals surface area (Å²) in [5.74, 6) is 0.811. The van der Waals surface area contributed by atoms with Crippen molar-refractivity contribution in [2.75, 3.05) is 49.3 Å². The SMILES string of the molecule is OCCCNc1c2cc(NCC(O)C(O)C(O)CCO)ccc2nc2ccc(SCCCO)cc12. The summed E-state index contributed by atoms with van der Waals surface area (Å²) in [5.41, 5.74) is 3.23. The van der Waals surface area contributed by atoms with Crippen LogP contribution in [0.3, 0.4) is 0 Å². The highest BCUT2D eigenvalue weighted by Crippen LogP contribution is 2.35. The van der Waals surface area contributed by atoms with E-state index in [2.05, 4.69) is 16.7 Å². The number of thioether (sulfide) groups is 1. The van der Waals surface area contributed by atoms with E-state index in [0.29, 0.717) is 25.1 Å². The lowest BCUT2D eigenvalue weighted by atomic mass is 10.0. The highest BCUT2D eigenvalue weighted by atomic mass is 32.2. The molecule has 0 aliphatic rings. The van der Waals surface area contributed by atoms with E-state index in [9.17, 15) is 20.4 Å². The second-order valence-corrected chi connectivity index (χ2v) is 9.51. The van der Waals surface area contributed by atoms with Crippen molar-refractivity contribution in [1.29, 1.82) is 0 Å². The summed E-state index contributed by atoms with van der Waals surface area (Å²) in [6.45, 7) is 0.540. The minimum Gasteiger partial charge on any atom is -0.396 e. The number of aliphatic hydroxyl groups is 6. The number of hydrogen-bond acceptors (Lipinski definition) is 10. The van der Waals surface area contributed by atoms with E-state index in [4.69, 9.17) is 15.2 Å². The van der Waals surface area contributed by atoms with Crippen molar-refractivity contribution >= 4 is 44.9 Å². The van der Waals surface area contributed by atoms with E-state index in [-0.39, 0.29) is 32.8 Å². The number of aromatic nitrogens is 1. The third-order valence-corrected chi connectivity index (χ3v) is 6.76. The van der Waals surface area contributed by atoms with Crippen molar-refractivity contribution in [3.8, 4) is 0 Å². The van der Waals surface area contributed by atoms with Crippen molar-refractivity contribution in [2.24, 2.45) is 0 Å². The molecule has 0 aliphatic carbocycles. The zero-order valence-electron chi connectivity index (χ0n) is 19.6. The predicted octanol–water partition coefficient (Wildman–Crippen LogP) is 1.53. The largest absolute Gasteiger partial charge is 0.396 e. The first-order valence-electron chi connectivity index (χ1n) is 11.8. The van der Waals surface area contributed by atoms with Crippen LogP contribution in [0.4, 0.5) is 11.4 Å². The zero-order chi connectivity index (χ0) is 25.2. The van der Waals surface area contributed by atoms with E-state index >= 15 is 0 Å². The van der Waals surface area contributed by atoms with Crippen LogP contribution in [-0.4, -0.2) is 92.6 Å². The predicted molar refractivity (Wildman–Crippen MR) is 140 cm³/mol. The standard InChI is InChI=1S/C25H35N3O6S/c29-9-1-8-26-24-18-13-16(27-15-23(33)25(34)22(32)7-11-31)3-5-20(18)28-21-6-4-17(14-19(21)24)35-12-2-10-30/h3-6,13-14,22-23,25,27,29-34H,1-2,7-12,15H2,(H,26,28). The molecule has 0 bridgehead atoms. The molecule has 3 atom stereocenters. The molecule has 35 heavy (non-hydrogen) atoms. The molecule has 0 spiro atoms. The monoisotopic (exact) mass is 505 g/mol. The summed E-state index contributed by atoms with van der Waals surface area (Å²) >= 11 is 1.67. The van der Waals surface area contributed by atoms with Gasteiger partial charge in [-0.2, -0.15) is 0 Å². The Kier molecular flexibility index (Phi) is 10.8. The number of pyridine rings is 1. The molecule has 2 aromatic carbocycles. The molecule has 0 saturated carbocycles. The highest BCUT2D eigenvalue weighted by Gasteiger charge is 2.24. The number of nitrogens with one attached hydrogen (secondary N) is 2. The smallest absolute Gasteiger partial charge is 0.107 e. The highest BCUT2D eigenvalue weighted by molar-refractivity contribution is 7.99. The molecule has 3 unspecified atom stereocenters. The van der Waals surface area contributed by atoms with E-state index in [1.165, 1.54) is 0 Å². The number of anilines is 2. The first kappa shape index (κ1) is 27.4. The molecule has 0 amide bonds. The van der Waals surface area contributed by atoms with Crippen molar-refractivity contribution in [3.63, 3.8) is 0 Å². The maximum Gasteiger partial charge on any atom is 0.107 e. The van der Waals surface area contributed by atoms with Crippen LogP contribution in [0.1, 0.15) is 19.3 Å². The third-order valence-electron chi connectivity index (χ3n) is 5.68. The van der Waals surface area contributed by atoms with Gasteiger partial charge in [-0.05, 0) is 55.7 Å². The number of fused-ring (bicyclic) bond motifs is 2. The Bertz CT molecular complexity index is 1090. The molecule has 3 aromatic rings. The van der Waals surface area contributed by atoms with Gasteiger partial charge in [0.2, 0.25) is 0 Å². The fraction of sp³-hybridized carbons (Fsp3) is 0.480. The third kappa shape index (κ3) is 7.40. The fourth-order valence-corrected chi connectivity index (χ4v) is 4.64.